The number of nitrogens with one attached hydrogen (secondary N) is 1. The van der Waals surface area contributed by atoms with Crippen LogP contribution in [0.2, 0.25) is 0 Å². The van der Waals surface area contributed by atoms with E-state index in [0.717, 1.165) is 11.3 Å². The first-order valence-corrected chi connectivity index (χ1v) is 9.37. The van der Waals surface area contributed by atoms with Crippen LogP contribution in [0.5, 0.6) is 11.5 Å². The first-order valence-electron chi connectivity index (χ1n) is 9.37. The van der Waals surface area contributed by atoms with E-state index in [1.54, 1.807) is 41.1 Å². The minimum absolute atomic E-state index is 0.289. The van der Waals surface area contributed by atoms with Crippen LogP contribution < -0.4 is 14.8 Å². The lowest BCUT2D eigenvalue weighted by Gasteiger charge is -2.12. The van der Waals surface area contributed by atoms with Crippen LogP contribution >= 0.6 is 0 Å². The average Bonchev–Trinajstić information content (AvgIpc) is 3.34. The van der Waals surface area contributed by atoms with Crippen LogP contribution in [-0.2, 0) is 18.0 Å². The second-order valence-corrected chi connectivity index (χ2v) is 6.19. The number of aromatic nitrogens is 4. The van der Waals surface area contributed by atoms with Gasteiger partial charge in [-0.3, -0.25) is 9.48 Å². The van der Waals surface area contributed by atoms with Gasteiger partial charge in [-0.05, 0) is 37.6 Å². The average molecular weight is 399 g/mol. The lowest BCUT2D eigenvalue weighted by Crippen LogP contribution is -2.13. The van der Waals surface area contributed by atoms with Gasteiger partial charge in [0.25, 0.3) is 5.91 Å². The van der Waals surface area contributed by atoms with Crippen molar-refractivity contribution in [1.82, 2.24) is 19.6 Å². The fraction of sp³-hybridized carbons (Fsp3) is 0.350. The molecular formula is C20H25N5O4. The molecule has 0 unspecified atom stereocenters. The van der Waals surface area contributed by atoms with Gasteiger partial charge in [0.2, 0.25) is 0 Å². The normalized spacial score (nSPS) is 10.7. The fourth-order valence-electron chi connectivity index (χ4n) is 2.78. The van der Waals surface area contributed by atoms with Gasteiger partial charge in [0.05, 0.1) is 31.6 Å². The molecule has 2 heterocycles. The highest BCUT2D eigenvalue weighted by Gasteiger charge is 2.12. The number of anilines is 1. The summed E-state index contributed by atoms with van der Waals surface area (Å²) in [5, 5.41) is 11.3. The van der Waals surface area contributed by atoms with E-state index in [-0.39, 0.29) is 12.6 Å². The zero-order valence-corrected chi connectivity index (χ0v) is 16.8. The maximum absolute atomic E-state index is 12.3. The number of carbonyl (C=O) groups excluding carboxylic acids is 1. The molecule has 1 N–H and O–H groups in total. The number of hydrogen-bond acceptors (Lipinski definition) is 6. The van der Waals surface area contributed by atoms with Crippen molar-refractivity contribution in [2.45, 2.75) is 27.1 Å². The van der Waals surface area contributed by atoms with Gasteiger partial charge >= 0.3 is 0 Å². The van der Waals surface area contributed by atoms with Gasteiger partial charge in [-0.1, -0.05) is 6.07 Å². The Kier molecular flexibility index (Phi) is 6.85. The first kappa shape index (κ1) is 20.4. The molecular weight excluding hydrogens is 374 g/mol. The summed E-state index contributed by atoms with van der Waals surface area (Å²) in [6.07, 6.45) is 5.05. The molecule has 0 spiro atoms. The van der Waals surface area contributed by atoms with Crippen LogP contribution in [0.3, 0.4) is 0 Å². The summed E-state index contributed by atoms with van der Waals surface area (Å²) < 4.78 is 19.5. The topological polar surface area (TPSA) is 92.4 Å². The van der Waals surface area contributed by atoms with E-state index in [1.165, 1.54) is 0 Å². The number of hydrogen-bond donors (Lipinski definition) is 1. The van der Waals surface area contributed by atoms with Crippen LogP contribution in [0.4, 0.5) is 5.69 Å². The second-order valence-electron chi connectivity index (χ2n) is 6.19. The zero-order valence-electron chi connectivity index (χ0n) is 16.8. The van der Waals surface area contributed by atoms with Gasteiger partial charge < -0.3 is 19.5 Å². The number of carbonyl (C=O) groups is 1. The summed E-state index contributed by atoms with van der Waals surface area (Å²) in [4.78, 5) is 12.3. The highest BCUT2D eigenvalue weighted by Crippen LogP contribution is 2.28. The maximum atomic E-state index is 12.3. The number of amides is 1. The molecule has 0 atom stereocenters. The van der Waals surface area contributed by atoms with Crippen LogP contribution in [0.25, 0.3) is 0 Å². The Hall–Kier alpha value is -3.33. The van der Waals surface area contributed by atoms with Crippen LogP contribution in [0.15, 0.2) is 42.9 Å². The van der Waals surface area contributed by atoms with Gasteiger partial charge in [0, 0.05) is 19.5 Å². The monoisotopic (exact) mass is 399 g/mol. The van der Waals surface area contributed by atoms with Crippen molar-refractivity contribution in [3.05, 3.63) is 54.1 Å². The molecule has 0 saturated heterocycles. The number of ether oxygens (including phenoxy) is 3. The Morgan fingerprint density at radius 3 is 2.66 bits per heavy atom. The van der Waals surface area contributed by atoms with Gasteiger partial charge in [-0.2, -0.15) is 10.2 Å². The van der Waals surface area contributed by atoms with Crippen molar-refractivity contribution < 1.29 is 19.0 Å². The summed E-state index contributed by atoms with van der Waals surface area (Å²) in [7, 11) is 1.57. The van der Waals surface area contributed by atoms with E-state index in [0.29, 0.717) is 36.9 Å². The van der Waals surface area contributed by atoms with Gasteiger partial charge in [0.1, 0.15) is 6.73 Å². The molecule has 2 aromatic heterocycles. The molecule has 1 aromatic carbocycles. The van der Waals surface area contributed by atoms with Crippen molar-refractivity contribution in [3.63, 3.8) is 0 Å². The third kappa shape index (κ3) is 5.35. The van der Waals surface area contributed by atoms with Crippen molar-refractivity contribution in [3.8, 4) is 11.5 Å². The van der Waals surface area contributed by atoms with E-state index in [2.05, 4.69) is 15.5 Å². The Morgan fingerprint density at radius 1 is 1.10 bits per heavy atom. The van der Waals surface area contributed by atoms with E-state index in [4.69, 9.17) is 14.2 Å². The predicted molar refractivity (Wildman–Crippen MR) is 107 cm³/mol. The third-order valence-electron chi connectivity index (χ3n) is 3.98. The molecule has 29 heavy (non-hydrogen) atoms. The van der Waals surface area contributed by atoms with Crippen LogP contribution in [0.1, 0.15) is 29.9 Å². The number of methoxy groups -OCH3 is 1. The van der Waals surface area contributed by atoms with Gasteiger partial charge in [-0.25, -0.2) is 4.68 Å². The lowest BCUT2D eigenvalue weighted by molar-refractivity contribution is 0.101. The number of rotatable bonds is 10. The standard InChI is InChI=1S/C20H25N5O4/c1-4-28-18-7-6-15(10-19(18)29-5-2)12-25-13-16(11-21-25)22-20(26)17-8-9-24(23-17)14-27-3/h6-11,13H,4-5,12,14H2,1-3H3,(H,22,26). The Morgan fingerprint density at radius 2 is 1.90 bits per heavy atom. The summed E-state index contributed by atoms with van der Waals surface area (Å²) in [5.74, 6) is 1.12. The van der Waals surface area contributed by atoms with Gasteiger partial charge in [-0.15, -0.1) is 0 Å². The molecule has 1 amide bonds. The molecule has 3 rings (SSSR count). The number of benzene rings is 1. The molecule has 3 aromatic rings. The van der Waals surface area contributed by atoms with E-state index >= 15 is 0 Å². The van der Waals surface area contributed by atoms with E-state index in [1.807, 2.05) is 32.0 Å². The quantitative estimate of drug-likeness (QED) is 0.564. The molecule has 0 bridgehead atoms. The number of nitrogens with zero attached hydrogens (tertiary/aromatic N) is 4. The molecule has 0 aliphatic heterocycles. The van der Waals surface area contributed by atoms with E-state index < -0.39 is 0 Å². The SMILES string of the molecule is CCOc1ccc(Cn2cc(NC(=O)c3ccn(COC)n3)cn2)cc1OCC. The molecule has 0 radical (unpaired) electrons. The summed E-state index contributed by atoms with van der Waals surface area (Å²) >= 11 is 0. The van der Waals surface area contributed by atoms with E-state index in [9.17, 15) is 4.79 Å². The maximum Gasteiger partial charge on any atom is 0.276 e. The van der Waals surface area contributed by atoms with Crippen molar-refractivity contribution >= 4 is 11.6 Å². The minimum Gasteiger partial charge on any atom is -0.490 e. The fourth-order valence-corrected chi connectivity index (χ4v) is 2.78. The van der Waals surface area contributed by atoms with Crippen molar-refractivity contribution in [2.75, 3.05) is 25.6 Å². The van der Waals surface area contributed by atoms with Crippen LogP contribution in [0, 0.1) is 0 Å². The molecule has 0 aliphatic carbocycles. The molecule has 0 aliphatic rings. The largest absolute Gasteiger partial charge is 0.490 e. The summed E-state index contributed by atoms with van der Waals surface area (Å²) in [6, 6.07) is 7.44. The summed E-state index contributed by atoms with van der Waals surface area (Å²) in [6.45, 7) is 5.82. The molecule has 0 saturated carbocycles. The first-order chi connectivity index (χ1) is 14.1. The van der Waals surface area contributed by atoms with Crippen molar-refractivity contribution in [2.24, 2.45) is 0 Å². The molecule has 9 heteroatoms. The minimum atomic E-state index is -0.306. The Balaban J connectivity index is 1.65. The third-order valence-corrected chi connectivity index (χ3v) is 3.98. The highest BCUT2D eigenvalue weighted by atomic mass is 16.5. The summed E-state index contributed by atoms with van der Waals surface area (Å²) in [5.41, 5.74) is 1.91. The van der Waals surface area contributed by atoms with Crippen LogP contribution in [-0.4, -0.2) is 45.8 Å². The molecule has 0 fully saturated rings. The highest BCUT2D eigenvalue weighted by molar-refractivity contribution is 6.02. The van der Waals surface area contributed by atoms with Crippen molar-refractivity contribution in [1.29, 1.82) is 0 Å². The Bertz CT molecular complexity index is 950. The van der Waals surface area contributed by atoms with Gasteiger partial charge in [0.15, 0.2) is 17.2 Å². The zero-order chi connectivity index (χ0) is 20.6. The smallest absolute Gasteiger partial charge is 0.276 e. The second kappa shape index (κ2) is 9.74. The Labute approximate surface area is 169 Å². The molecule has 154 valence electrons. The lowest BCUT2D eigenvalue weighted by atomic mass is 10.2. The molecule has 9 nitrogen and oxygen atoms in total. The predicted octanol–water partition coefficient (Wildman–Crippen LogP) is 2.78.